The molecule has 0 aliphatic carbocycles. The first-order chi connectivity index (χ1) is 20.5. The maximum Gasteiger partial charge on any atom is 0.252 e. The molecule has 6 aromatic rings. The Kier molecular flexibility index (Phi) is 7.72. The van der Waals surface area contributed by atoms with Crippen LogP contribution >= 0.6 is 11.6 Å². The molecule has 210 valence electrons. The van der Waals surface area contributed by atoms with Crippen molar-refractivity contribution < 1.29 is 4.79 Å². The van der Waals surface area contributed by atoms with Gasteiger partial charge >= 0.3 is 0 Å². The molecule has 2 aromatic heterocycles. The molecule has 0 saturated heterocycles. The molecule has 0 aliphatic heterocycles. The number of nitrogens with one attached hydrogen (secondary N) is 3. The highest BCUT2D eigenvalue weighted by molar-refractivity contribution is 6.32. The molecule has 8 nitrogen and oxygen atoms in total. The summed E-state index contributed by atoms with van der Waals surface area (Å²) < 4.78 is 0. The average Bonchev–Trinajstić information content (AvgIpc) is 3.59. The van der Waals surface area contributed by atoms with E-state index in [-0.39, 0.29) is 5.91 Å². The number of carbonyl (C=O) groups is 1. The number of carbonyl (C=O) groups excluding carboxylic acids is 1. The van der Waals surface area contributed by atoms with Crippen LogP contribution in [0.2, 0.25) is 5.15 Å². The van der Waals surface area contributed by atoms with E-state index in [2.05, 4.69) is 32.6 Å². The number of halogens is 1. The molecule has 42 heavy (non-hydrogen) atoms. The van der Waals surface area contributed by atoms with Crippen LogP contribution in [0.5, 0.6) is 0 Å². The summed E-state index contributed by atoms with van der Waals surface area (Å²) in [5.41, 5.74) is 18.7. The second-order valence-electron chi connectivity index (χ2n) is 10.2. The fourth-order valence-electron chi connectivity index (χ4n) is 5.17. The first kappa shape index (κ1) is 27.3. The van der Waals surface area contributed by atoms with Gasteiger partial charge in [-0.05, 0) is 53.3 Å². The van der Waals surface area contributed by atoms with E-state index in [0.717, 1.165) is 38.7 Å². The Morgan fingerprint density at radius 1 is 0.905 bits per heavy atom. The average molecular weight is 576 g/mol. The normalized spacial score (nSPS) is 12.0. The summed E-state index contributed by atoms with van der Waals surface area (Å²) >= 11 is 6.69. The van der Waals surface area contributed by atoms with Crippen LogP contribution in [-0.4, -0.2) is 26.1 Å². The van der Waals surface area contributed by atoms with Gasteiger partial charge in [-0.2, -0.15) is 5.10 Å². The molecule has 4 aromatic carbocycles. The molecule has 0 fully saturated rings. The number of nitrogen functional groups attached to an aromatic ring is 1. The monoisotopic (exact) mass is 575 g/mol. The van der Waals surface area contributed by atoms with Crippen LogP contribution in [0.25, 0.3) is 22.2 Å². The van der Waals surface area contributed by atoms with Crippen molar-refractivity contribution in [2.75, 3.05) is 5.73 Å². The molecule has 0 unspecified atom stereocenters. The summed E-state index contributed by atoms with van der Waals surface area (Å²) in [6.07, 6.45) is 1.12. The fraction of sp³-hybridized carbons (Fsp3) is 0.121. The number of hydrogen-bond acceptors (Lipinski definition) is 5. The fourth-order valence-corrected chi connectivity index (χ4v) is 5.42. The van der Waals surface area contributed by atoms with Crippen molar-refractivity contribution in [1.82, 2.24) is 25.5 Å². The molecular formula is C33H30ClN7O. The number of nitrogens with zero attached hydrogens (tertiary/aromatic N) is 2. The van der Waals surface area contributed by atoms with Crippen LogP contribution in [-0.2, 0) is 19.4 Å². The molecule has 1 atom stereocenters. The zero-order valence-electron chi connectivity index (χ0n) is 22.8. The molecule has 2 heterocycles. The minimum atomic E-state index is -0.476. The van der Waals surface area contributed by atoms with Gasteiger partial charge in [0.05, 0.1) is 11.6 Å². The lowest BCUT2D eigenvalue weighted by Gasteiger charge is -2.19. The molecule has 1 amide bonds. The number of aromatic amines is 2. The smallest absolute Gasteiger partial charge is 0.252 e. The lowest BCUT2D eigenvalue weighted by atomic mass is 9.96. The third-order valence-electron chi connectivity index (χ3n) is 7.35. The topological polar surface area (TPSA) is 138 Å². The second kappa shape index (κ2) is 11.9. The van der Waals surface area contributed by atoms with E-state index in [9.17, 15) is 4.79 Å². The highest BCUT2D eigenvalue weighted by atomic mass is 35.5. The van der Waals surface area contributed by atoms with E-state index in [0.29, 0.717) is 47.4 Å². The SMILES string of the molecule is NCc1ccc(C(=O)N[C@@H](Cc2ccccc2)c2nc(-c3ccc4c(N)n[nH]c4c3)c(Cl)[nH]2)c(Cc2ccccc2)c1. The molecule has 9 heteroatoms. The number of rotatable bonds is 9. The van der Waals surface area contributed by atoms with Gasteiger partial charge in [-0.1, -0.05) is 90.5 Å². The van der Waals surface area contributed by atoms with Gasteiger partial charge in [0.25, 0.3) is 5.91 Å². The number of aromatic nitrogens is 4. The number of imidazole rings is 1. The molecule has 0 bridgehead atoms. The number of fused-ring (bicyclic) bond motifs is 1. The summed E-state index contributed by atoms with van der Waals surface area (Å²) in [5, 5.41) is 11.4. The van der Waals surface area contributed by atoms with Gasteiger partial charge < -0.3 is 21.8 Å². The van der Waals surface area contributed by atoms with Crippen molar-refractivity contribution >= 4 is 34.2 Å². The van der Waals surface area contributed by atoms with Crippen molar-refractivity contribution in [2.24, 2.45) is 5.73 Å². The van der Waals surface area contributed by atoms with Crippen LogP contribution in [0.15, 0.2) is 97.1 Å². The van der Waals surface area contributed by atoms with Crippen molar-refractivity contribution in [3.63, 3.8) is 0 Å². The summed E-state index contributed by atoms with van der Waals surface area (Å²) in [7, 11) is 0. The molecule has 0 radical (unpaired) electrons. The Bertz CT molecular complexity index is 1850. The molecule has 0 spiro atoms. The van der Waals surface area contributed by atoms with E-state index in [4.69, 9.17) is 28.1 Å². The Balaban J connectivity index is 1.34. The summed E-state index contributed by atoms with van der Waals surface area (Å²) in [4.78, 5) is 22.0. The number of benzene rings is 4. The summed E-state index contributed by atoms with van der Waals surface area (Å²) in [6.45, 7) is 0.394. The van der Waals surface area contributed by atoms with Crippen molar-refractivity contribution in [2.45, 2.75) is 25.4 Å². The highest BCUT2D eigenvalue weighted by Crippen LogP contribution is 2.31. The predicted octanol–water partition coefficient (Wildman–Crippen LogP) is 5.95. The van der Waals surface area contributed by atoms with Gasteiger partial charge in [0, 0.05) is 23.1 Å². The Hall–Kier alpha value is -4.92. The Labute approximate surface area is 248 Å². The first-order valence-corrected chi connectivity index (χ1v) is 14.1. The predicted molar refractivity (Wildman–Crippen MR) is 167 cm³/mol. The summed E-state index contributed by atoms with van der Waals surface area (Å²) in [6, 6.07) is 31.0. The zero-order valence-corrected chi connectivity index (χ0v) is 23.5. The maximum atomic E-state index is 13.9. The quantitative estimate of drug-likeness (QED) is 0.145. The number of nitrogens with two attached hydrogens (primary N) is 2. The van der Waals surface area contributed by atoms with Gasteiger partial charge in [0.2, 0.25) is 0 Å². The first-order valence-electron chi connectivity index (χ1n) is 13.7. The maximum absolute atomic E-state index is 13.9. The van der Waals surface area contributed by atoms with Crippen molar-refractivity contribution in [3.05, 3.63) is 136 Å². The molecule has 0 saturated carbocycles. The van der Waals surface area contributed by atoms with Crippen molar-refractivity contribution in [1.29, 1.82) is 0 Å². The minimum absolute atomic E-state index is 0.200. The van der Waals surface area contributed by atoms with Crippen LogP contribution in [0.1, 0.15) is 44.5 Å². The number of amides is 1. The largest absolute Gasteiger partial charge is 0.382 e. The van der Waals surface area contributed by atoms with Gasteiger partial charge in [-0.3, -0.25) is 9.89 Å². The number of hydrogen-bond donors (Lipinski definition) is 5. The second-order valence-corrected chi connectivity index (χ2v) is 10.6. The third-order valence-corrected chi connectivity index (χ3v) is 7.62. The molecule has 6 rings (SSSR count). The van der Waals surface area contributed by atoms with E-state index in [1.54, 1.807) is 0 Å². The zero-order chi connectivity index (χ0) is 29.1. The van der Waals surface area contributed by atoms with Gasteiger partial charge in [-0.25, -0.2) is 4.98 Å². The third kappa shape index (κ3) is 5.76. The van der Waals surface area contributed by atoms with Crippen molar-refractivity contribution in [3.8, 4) is 11.3 Å². The van der Waals surface area contributed by atoms with Gasteiger partial charge in [0.15, 0.2) is 5.82 Å². The van der Waals surface area contributed by atoms with E-state index in [1.165, 1.54) is 0 Å². The van der Waals surface area contributed by atoms with Gasteiger partial charge in [0.1, 0.15) is 16.7 Å². The van der Waals surface area contributed by atoms with E-state index < -0.39 is 6.04 Å². The highest BCUT2D eigenvalue weighted by Gasteiger charge is 2.24. The van der Waals surface area contributed by atoms with Gasteiger partial charge in [-0.15, -0.1) is 0 Å². The van der Waals surface area contributed by atoms with E-state index in [1.807, 2.05) is 84.9 Å². The Morgan fingerprint density at radius 2 is 1.64 bits per heavy atom. The van der Waals surface area contributed by atoms with Crippen LogP contribution in [0, 0.1) is 0 Å². The standard InChI is InChI=1S/C33H30ClN7O/c34-30-29(23-12-14-26-27(18-23)40-41-31(26)36)38-32(39-30)28(17-21-9-5-2-6-10-21)37-33(42)25-13-11-22(19-35)16-24(25)15-20-7-3-1-4-8-20/h1-14,16,18,28H,15,17,19,35H2,(H,37,42)(H,38,39)(H3,36,40,41)/t28-/m0/s1. The van der Waals surface area contributed by atoms with Crippen LogP contribution < -0.4 is 16.8 Å². The molecule has 0 aliphatic rings. The van der Waals surface area contributed by atoms with Crippen LogP contribution in [0.4, 0.5) is 5.82 Å². The lowest BCUT2D eigenvalue weighted by Crippen LogP contribution is -2.31. The molecular weight excluding hydrogens is 546 g/mol. The number of H-pyrrole nitrogens is 2. The van der Waals surface area contributed by atoms with E-state index >= 15 is 0 Å². The Morgan fingerprint density at radius 3 is 2.38 bits per heavy atom. The minimum Gasteiger partial charge on any atom is -0.382 e. The number of anilines is 1. The van der Waals surface area contributed by atoms with Crippen LogP contribution in [0.3, 0.4) is 0 Å². The molecule has 7 N–H and O–H groups in total. The summed E-state index contributed by atoms with van der Waals surface area (Å²) in [5.74, 6) is 0.788. The lowest BCUT2D eigenvalue weighted by molar-refractivity contribution is 0.0934.